The van der Waals surface area contributed by atoms with Gasteiger partial charge in [-0.05, 0) is 50.2 Å². The van der Waals surface area contributed by atoms with E-state index >= 15 is 0 Å². The average Bonchev–Trinajstić information content (AvgIpc) is 3.06. The summed E-state index contributed by atoms with van der Waals surface area (Å²) in [5, 5.41) is 18.3. The molecule has 6 nitrogen and oxygen atoms in total. The molecule has 0 fully saturated rings. The third-order valence-corrected chi connectivity index (χ3v) is 4.55. The van der Waals surface area contributed by atoms with Crippen LogP contribution in [0.1, 0.15) is 13.8 Å². The predicted octanol–water partition coefficient (Wildman–Crippen LogP) is 4.80. The highest BCUT2D eigenvalue weighted by Gasteiger charge is 2.18. The fourth-order valence-electron chi connectivity index (χ4n) is 3.11. The summed E-state index contributed by atoms with van der Waals surface area (Å²) in [6, 6.07) is 9.73. The Balaban J connectivity index is 1.73. The van der Waals surface area contributed by atoms with Crippen molar-refractivity contribution in [2.75, 3.05) is 5.32 Å². The Labute approximate surface area is 172 Å². The topological polar surface area (TPSA) is 75.9 Å². The van der Waals surface area contributed by atoms with Crippen molar-refractivity contribution in [3.63, 3.8) is 0 Å². The maximum atomic E-state index is 14.2. The fourth-order valence-corrected chi connectivity index (χ4v) is 3.28. The molecule has 0 radical (unpaired) electrons. The Bertz CT molecular complexity index is 1190. The number of fused-ring (bicyclic) bond motifs is 1. The number of anilines is 2. The van der Waals surface area contributed by atoms with Crippen molar-refractivity contribution >= 4 is 34.0 Å². The number of nitrogens with one attached hydrogen (secondary N) is 1. The van der Waals surface area contributed by atoms with Crippen LogP contribution < -0.4 is 5.32 Å². The zero-order valence-corrected chi connectivity index (χ0v) is 16.7. The number of hydrogen-bond donors (Lipinski definition) is 2. The van der Waals surface area contributed by atoms with E-state index in [4.69, 9.17) is 11.6 Å². The first-order valence-corrected chi connectivity index (χ1v) is 9.39. The highest BCUT2D eigenvalue weighted by atomic mass is 35.5. The normalized spacial score (nSPS) is 11.8. The predicted molar refractivity (Wildman–Crippen MR) is 112 cm³/mol. The summed E-state index contributed by atoms with van der Waals surface area (Å²) in [5.74, 6) is -0.395. The molecule has 148 valence electrons. The second-order valence-corrected chi connectivity index (χ2v) is 7.82. The van der Waals surface area contributed by atoms with E-state index in [-0.39, 0.29) is 0 Å². The molecule has 0 aliphatic carbocycles. The third kappa shape index (κ3) is 4.21. The first-order valence-electron chi connectivity index (χ1n) is 9.01. The Hall–Kier alpha value is -3.03. The monoisotopic (exact) mass is 411 g/mol. The van der Waals surface area contributed by atoms with Crippen LogP contribution in [0.5, 0.6) is 0 Å². The fraction of sp³-hybridized carbons (Fsp3) is 0.190. The van der Waals surface area contributed by atoms with E-state index < -0.39 is 11.4 Å². The summed E-state index contributed by atoms with van der Waals surface area (Å²) >= 11 is 6.01. The molecule has 0 unspecified atom stereocenters. The number of aromatic nitrogens is 4. The van der Waals surface area contributed by atoms with Crippen LogP contribution in [0, 0.1) is 5.82 Å². The summed E-state index contributed by atoms with van der Waals surface area (Å²) < 4.78 is 15.9. The largest absolute Gasteiger partial charge is 0.389 e. The molecule has 0 aliphatic rings. The molecule has 0 atom stereocenters. The van der Waals surface area contributed by atoms with Gasteiger partial charge in [-0.2, -0.15) is 5.10 Å². The highest BCUT2D eigenvalue weighted by Crippen LogP contribution is 2.29. The Morgan fingerprint density at radius 2 is 1.93 bits per heavy atom. The first-order chi connectivity index (χ1) is 13.8. The van der Waals surface area contributed by atoms with Crippen molar-refractivity contribution in [1.82, 2.24) is 19.7 Å². The van der Waals surface area contributed by atoms with Crippen LogP contribution in [0.3, 0.4) is 0 Å². The van der Waals surface area contributed by atoms with E-state index in [0.717, 1.165) is 16.9 Å². The number of hydrogen-bond acceptors (Lipinski definition) is 5. The van der Waals surface area contributed by atoms with Crippen molar-refractivity contribution in [3.8, 4) is 11.3 Å². The van der Waals surface area contributed by atoms with Crippen molar-refractivity contribution in [2.24, 2.45) is 0 Å². The minimum absolute atomic E-state index is 0.312. The molecule has 4 rings (SSSR count). The summed E-state index contributed by atoms with van der Waals surface area (Å²) in [6.07, 6.45) is 4.94. The van der Waals surface area contributed by atoms with E-state index in [1.165, 1.54) is 12.1 Å². The number of pyridine rings is 2. The van der Waals surface area contributed by atoms with Gasteiger partial charge in [-0.1, -0.05) is 11.6 Å². The lowest BCUT2D eigenvalue weighted by Gasteiger charge is -2.18. The number of aliphatic hydroxyl groups is 1. The maximum Gasteiger partial charge on any atom is 0.132 e. The Morgan fingerprint density at radius 3 is 2.72 bits per heavy atom. The van der Waals surface area contributed by atoms with Crippen molar-refractivity contribution < 1.29 is 9.50 Å². The van der Waals surface area contributed by atoms with Gasteiger partial charge in [-0.25, -0.2) is 4.39 Å². The molecule has 0 saturated carbocycles. The summed E-state index contributed by atoms with van der Waals surface area (Å²) in [7, 11) is 0. The van der Waals surface area contributed by atoms with E-state index in [1.807, 2.05) is 6.07 Å². The molecule has 0 aliphatic heterocycles. The van der Waals surface area contributed by atoms with Crippen LogP contribution in [0.2, 0.25) is 5.02 Å². The van der Waals surface area contributed by atoms with Gasteiger partial charge in [0.1, 0.15) is 16.9 Å². The molecule has 0 saturated heterocycles. The Kier molecular flexibility index (Phi) is 4.94. The third-order valence-electron chi connectivity index (χ3n) is 4.31. The molecule has 0 amide bonds. The second kappa shape index (κ2) is 7.42. The molecule has 3 heterocycles. The molecule has 8 heteroatoms. The Morgan fingerprint density at radius 1 is 1.14 bits per heavy atom. The van der Waals surface area contributed by atoms with Gasteiger partial charge in [0.25, 0.3) is 0 Å². The maximum absolute atomic E-state index is 14.2. The van der Waals surface area contributed by atoms with E-state index in [0.29, 0.717) is 28.3 Å². The van der Waals surface area contributed by atoms with Gasteiger partial charge in [0.05, 0.1) is 29.7 Å². The first kappa shape index (κ1) is 19.3. The minimum Gasteiger partial charge on any atom is -0.389 e. The number of rotatable bonds is 5. The van der Waals surface area contributed by atoms with Gasteiger partial charge in [0.2, 0.25) is 0 Å². The molecule has 2 N–H and O–H groups in total. The molecule has 1 aromatic carbocycles. The molecular formula is C21H19ClFN5O. The van der Waals surface area contributed by atoms with Gasteiger partial charge in [0.15, 0.2) is 0 Å². The van der Waals surface area contributed by atoms with E-state index in [1.54, 1.807) is 55.3 Å². The molecule has 3 aromatic heterocycles. The lowest BCUT2D eigenvalue weighted by molar-refractivity contribution is 0.0591. The van der Waals surface area contributed by atoms with Crippen LogP contribution in [-0.2, 0) is 6.54 Å². The van der Waals surface area contributed by atoms with Gasteiger partial charge >= 0.3 is 0 Å². The summed E-state index contributed by atoms with van der Waals surface area (Å²) in [6.45, 7) is 3.75. The van der Waals surface area contributed by atoms with Crippen molar-refractivity contribution in [2.45, 2.75) is 26.0 Å². The minimum atomic E-state index is -0.931. The van der Waals surface area contributed by atoms with Crippen LogP contribution in [-0.4, -0.2) is 30.5 Å². The van der Waals surface area contributed by atoms with Gasteiger partial charge in [-0.3, -0.25) is 14.6 Å². The molecule has 0 bridgehead atoms. The number of halogens is 2. The summed E-state index contributed by atoms with van der Waals surface area (Å²) in [4.78, 5) is 8.61. The van der Waals surface area contributed by atoms with E-state index in [2.05, 4.69) is 20.4 Å². The van der Waals surface area contributed by atoms with E-state index in [9.17, 15) is 9.50 Å². The lowest BCUT2D eigenvalue weighted by Crippen LogP contribution is -2.26. The SMILES string of the molecule is CC(C)(O)Cn1ncc2nccc(Nc3ccnc(-c4cc(Cl)ccc4F)c3)c21. The molecule has 29 heavy (non-hydrogen) atoms. The lowest BCUT2D eigenvalue weighted by atomic mass is 10.1. The zero-order valence-electron chi connectivity index (χ0n) is 15.9. The number of nitrogens with zero attached hydrogens (tertiary/aromatic N) is 4. The highest BCUT2D eigenvalue weighted by molar-refractivity contribution is 6.30. The number of benzene rings is 1. The standard InChI is InChI=1S/C21H19ClFN5O/c1-21(2,29)12-28-20-17(6-8-25-19(20)11-26-28)27-14-5-7-24-18(10-14)15-9-13(22)3-4-16(15)23/h3-11,29H,12H2,1-2H3,(H,24,25,27). The van der Waals surface area contributed by atoms with Gasteiger partial charge in [0, 0.05) is 28.7 Å². The quantitative estimate of drug-likeness (QED) is 0.493. The molecular weight excluding hydrogens is 393 g/mol. The van der Waals surface area contributed by atoms with Gasteiger partial charge < -0.3 is 10.4 Å². The van der Waals surface area contributed by atoms with Crippen LogP contribution in [0.15, 0.2) is 55.0 Å². The summed E-state index contributed by atoms with van der Waals surface area (Å²) in [5.41, 5.74) is 2.81. The van der Waals surface area contributed by atoms with Gasteiger partial charge in [-0.15, -0.1) is 0 Å². The molecule has 0 spiro atoms. The average molecular weight is 412 g/mol. The van der Waals surface area contributed by atoms with Crippen LogP contribution in [0.25, 0.3) is 22.3 Å². The van der Waals surface area contributed by atoms with Crippen molar-refractivity contribution in [3.05, 3.63) is 65.8 Å². The van der Waals surface area contributed by atoms with Crippen molar-refractivity contribution in [1.29, 1.82) is 0 Å². The smallest absolute Gasteiger partial charge is 0.132 e. The second-order valence-electron chi connectivity index (χ2n) is 7.39. The zero-order chi connectivity index (χ0) is 20.6. The van der Waals surface area contributed by atoms with Crippen LogP contribution >= 0.6 is 11.6 Å². The van der Waals surface area contributed by atoms with Crippen LogP contribution in [0.4, 0.5) is 15.8 Å². The molecule has 4 aromatic rings.